The molecule has 1 aliphatic carbocycles. The van der Waals surface area contributed by atoms with Gasteiger partial charge in [-0.1, -0.05) is 24.3 Å². The van der Waals surface area contributed by atoms with Gasteiger partial charge in [0.25, 0.3) is 0 Å². The summed E-state index contributed by atoms with van der Waals surface area (Å²) in [7, 11) is 0. The Hall–Kier alpha value is -1.94. The highest BCUT2D eigenvalue weighted by atomic mass is 19.2. The molecule has 3 rings (SSSR count). The van der Waals surface area contributed by atoms with Crippen molar-refractivity contribution in [3.05, 3.63) is 53.6 Å². The Labute approximate surface area is 141 Å². The number of halogens is 2. The van der Waals surface area contributed by atoms with Crippen molar-refractivity contribution in [2.24, 2.45) is 5.73 Å². The molecule has 0 spiro atoms. The van der Waals surface area contributed by atoms with Crippen LogP contribution in [-0.4, -0.2) is 12.6 Å². The third kappa shape index (κ3) is 3.44. The number of hydrogen-bond donors (Lipinski definition) is 1. The van der Waals surface area contributed by atoms with Gasteiger partial charge >= 0.3 is 0 Å². The highest BCUT2D eigenvalue weighted by Crippen LogP contribution is 2.34. The van der Waals surface area contributed by atoms with Gasteiger partial charge in [-0.15, -0.1) is 0 Å². The van der Waals surface area contributed by atoms with Crippen LogP contribution in [0.2, 0.25) is 0 Å². The second-order valence-corrected chi connectivity index (χ2v) is 6.41. The van der Waals surface area contributed by atoms with E-state index in [-0.39, 0.29) is 11.3 Å². The van der Waals surface area contributed by atoms with Crippen LogP contribution in [0.1, 0.15) is 44.1 Å². The first kappa shape index (κ1) is 16.9. The van der Waals surface area contributed by atoms with Crippen molar-refractivity contribution in [3.8, 4) is 16.9 Å². The molecule has 0 radical (unpaired) electrons. The van der Waals surface area contributed by atoms with Gasteiger partial charge in [0.2, 0.25) is 5.82 Å². The lowest BCUT2D eigenvalue weighted by molar-refractivity contribution is 0.314. The van der Waals surface area contributed by atoms with Crippen LogP contribution in [0.3, 0.4) is 0 Å². The first-order chi connectivity index (χ1) is 11.6. The largest absolute Gasteiger partial charge is 0.491 e. The van der Waals surface area contributed by atoms with E-state index in [2.05, 4.69) is 0 Å². The molecule has 0 unspecified atom stereocenters. The SMILES string of the molecule is CCOc1ccc(-c2ccc(C3CCC(N)CC3)cc2)c(F)c1F. The molecular formula is C20H23F2NO. The molecule has 2 nitrogen and oxygen atoms in total. The molecule has 0 aliphatic heterocycles. The van der Waals surface area contributed by atoms with Gasteiger partial charge in [0.15, 0.2) is 11.6 Å². The lowest BCUT2D eigenvalue weighted by Crippen LogP contribution is -2.25. The second-order valence-electron chi connectivity index (χ2n) is 6.41. The normalized spacial score (nSPS) is 20.8. The summed E-state index contributed by atoms with van der Waals surface area (Å²) in [5, 5.41) is 0. The fourth-order valence-corrected chi connectivity index (χ4v) is 3.41. The predicted octanol–water partition coefficient (Wildman–Crippen LogP) is 5.02. The molecule has 4 heteroatoms. The Balaban J connectivity index is 1.82. The number of benzene rings is 2. The summed E-state index contributed by atoms with van der Waals surface area (Å²) in [5.74, 6) is -1.33. The van der Waals surface area contributed by atoms with Crippen LogP contribution in [0.5, 0.6) is 5.75 Å². The van der Waals surface area contributed by atoms with Crippen molar-refractivity contribution < 1.29 is 13.5 Å². The zero-order chi connectivity index (χ0) is 17.1. The minimum Gasteiger partial charge on any atom is -0.491 e. The van der Waals surface area contributed by atoms with Crippen molar-refractivity contribution in [1.82, 2.24) is 0 Å². The zero-order valence-corrected chi connectivity index (χ0v) is 13.9. The van der Waals surface area contributed by atoms with E-state index in [0.717, 1.165) is 25.7 Å². The zero-order valence-electron chi connectivity index (χ0n) is 13.9. The van der Waals surface area contributed by atoms with Crippen molar-refractivity contribution >= 4 is 0 Å². The quantitative estimate of drug-likeness (QED) is 0.854. The van der Waals surface area contributed by atoms with Crippen LogP contribution in [0.4, 0.5) is 8.78 Å². The van der Waals surface area contributed by atoms with Crippen LogP contribution in [0.25, 0.3) is 11.1 Å². The van der Waals surface area contributed by atoms with Crippen molar-refractivity contribution in [2.45, 2.75) is 44.6 Å². The number of nitrogens with two attached hydrogens (primary N) is 1. The van der Waals surface area contributed by atoms with Crippen LogP contribution < -0.4 is 10.5 Å². The summed E-state index contributed by atoms with van der Waals surface area (Å²) in [6.45, 7) is 2.04. The maximum absolute atomic E-state index is 14.3. The van der Waals surface area contributed by atoms with Gasteiger partial charge < -0.3 is 10.5 Å². The molecule has 0 atom stereocenters. The van der Waals surface area contributed by atoms with Crippen molar-refractivity contribution in [1.29, 1.82) is 0 Å². The van der Waals surface area contributed by atoms with Gasteiger partial charge in [0.05, 0.1) is 6.61 Å². The lowest BCUT2D eigenvalue weighted by Gasteiger charge is -2.26. The highest BCUT2D eigenvalue weighted by Gasteiger charge is 2.20. The Morgan fingerprint density at radius 2 is 1.62 bits per heavy atom. The average molecular weight is 331 g/mol. The molecule has 0 bridgehead atoms. The van der Waals surface area contributed by atoms with Gasteiger partial charge in [-0.05, 0) is 61.8 Å². The monoisotopic (exact) mass is 331 g/mol. The van der Waals surface area contributed by atoms with E-state index in [1.54, 1.807) is 13.0 Å². The molecule has 1 saturated carbocycles. The van der Waals surface area contributed by atoms with Gasteiger partial charge in [-0.2, -0.15) is 4.39 Å². The molecular weight excluding hydrogens is 308 g/mol. The summed E-state index contributed by atoms with van der Waals surface area (Å²) in [4.78, 5) is 0. The Kier molecular flexibility index (Phi) is 5.14. The molecule has 2 aromatic carbocycles. The van der Waals surface area contributed by atoms with E-state index in [0.29, 0.717) is 24.1 Å². The Morgan fingerprint density at radius 3 is 2.25 bits per heavy atom. The van der Waals surface area contributed by atoms with E-state index in [1.165, 1.54) is 11.6 Å². The van der Waals surface area contributed by atoms with Crippen LogP contribution in [0.15, 0.2) is 36.4 Å². The molecule has 0 saturated heterocycles. The van der Waals surface area contributed by atoms with Gasteiger partial charge in [0.1, 0.15) is 0 Å². The second kappa shape index (κ2) is 7.31. The number of ether oxygens (including phenoxy) is 1. The maximum atomic E-state index is 14.3. The lowest BCUT2D eigenvalue weighted by atomic mass is 9.82. The van der Waals surface area contributed by atoms with E-state index in [1.807, 2.05) is 24.3 Å². The van der Waals surface area contributed by atoms with Crippen LogP contribution in [-0.2, 0) is 0 Å². The molecule has 1 fully saturated rings. The maximum Gasteiger partial charge on any atom is 0.201 e. The average Bonchev–Trinajstić information content (AvgIpc) is 2.60. The van der Waals surface area contributed by atoms with Crippen LogP contribution in [0, 0.1) is 11.6 Å². The minimum absolute atomic E-state index is 0.0473. The molecule has 0 heterocycles. The third-order valence-corrected chi connectivity index (χ3v) is 4.81. The minimum atomic E-state index is -0.931. The first-order valence-corrected chi connectivity index (χ1v) is 8.56. The molecule has 0 aromatic heterocycles. The molecule has 1 aliphatic rings. The Bertz CT molecular complexity index is 692. The highest BCUT2D eigenvalue weighted by molar-refractivity contribution is 5.65. The standard InChI is InChI=1S/C20H23F2NO/c1-2-24-18-12-11-17(19(21)20(18)22)15-5-3-13(4-6-15)14-7-9-16(23)10-8-14/h3-6,11-12,14,16H,2,7-10,23H2,1H3. The summed E-state index contributed by atoms with van der Waals surface area (Å²) < 4.78 is 33.4. The van der Waals surface area contributed by atoms with Crippen molar-refractivity contribution in [2.75, 3.05) is 6.61 Å². The van der Waals surface area contributed by atoms with E-state index < -0.39 is 11.6 Å². The third-order valence-electron chi connectivity index (χ3n) is 4.81. The summed E-state index contributed by atoms with van der Waals surface area (Å²) in [6.07, 6.45) is 4.27. The van der Waals surface area contributed by atoms with Crippen LogP contribution >= 0.6 is 0 Å². The Morgan fingerprint density at radius 1 is 0.958 bits per heavy atom. The first-order valence-electron chi connectivity index (χ1n) is 8.56. The summed E-state index contributed by atoms with van der Waals surface area (Å²) in [5.41, 5.74) is 8.13. The smallest absolute Gasteiger partial charge is 0.201 e. The predicted molar refractivity (Wildman–Crippen MR) is 92.1 cm³/mol. The number of hydrogen-bond acceptors (Lipinski definition) is 2. The van der Waals surface area contributed by atoms with Gasteiger partial charge in [0, 0.05) is 11.6 Å². The molecule has 24 heavy (non-hydrogen) atoms. The fraction of sp³-hybridized carbons (Fsp3) is 0.400. The molecule has 2 aromatic rings. The van der Waals surface area contributed by atoms with E-state index in [4.69, 9.17) is 10.5 Å². The topological polar surface area (TPSA) is 35.2 Å². The summed E-state index contributed by atoms with van der Waals surface area (Å²) >= 11 is 0. The van der Waals surface area contributed by atoms with Gasteiger partial charge in [-0.25, -0.2) is 4.39 Å². The summed E-state index contributed by atoms with van der Waals surface area (Å²) in [6, 6.07) is 11.1. The molecule has 0 amide bonds. The van der Waals surface area contributed by atoms with Gasteiger partial charge in [-0.3, -0.25) is 0 Å². The fourth-order valence-electron chi connectivity index (χ4n) is 3.41. The van der Waals surface area contributed by atoms with E-state index >= 15 is 0 Å². The van der Waals surface area contributed by atoms with Crippen molar-refractivity contribution in [3.63, 3.8) is 0 Å². The molecule has 2 N–H and O–H groups in total. The number of rotatable bonds is 4. The van der Waals surface area contributed by atoms with E-state index in [9.17, 15) is 8.78 Å². The molecule has 128 valence electrons.